The number of rotatable bonds is 4. The van der Waals surface area contributed by atoms with E-state index in [1.807, 2.05) is 12.1 Å². The van der Waals surface area contributed by atoms with Crippen LogP contribution in [0.2, 0.25) is 10.0 Å². The number of ether oxygens (including phenoxy) is 1. The van der Waals surface area contributed by atoms with Crippen LogP contribution in [0.1, 0.15) is 11.1 Å². The first-order valence-electron chi connectivity index (χ1n) is 7.08. The molecular weight excluding hydrogens is 351 g/mol. The maximum absolute atomic E-state index is 11.6. The molecule has 0 saturated heterocycles. The van der Waals surface area contributed by atoms with Gasteiger partial charge in [0.1, 0.15) is 5.75 Å². The normalized spacial score (nSPS) is 16.0. The Morgan fingerprint density at radius 1 is 1.33 bits per heavy atom. The maximum Gasteiger partial charge on any atom is 0.262 e. The first-order valence-corrected chi connectivity index (χ1v) is 7.84. The van der Waals surface area contributed by atoms with E-state index in [-0.39, 0.29) is 0 Å². The van der Waals surface area contributed by atoms with E-state index < -0.39 is 12.1 Å². The molecule has 24 heavy (non-hydrogen) atoms. The van der Waals surface area contributed by atoms with Crippen LogP contribution < -0.4 is 15.8 Å². The fourth-order valence-corrected chi connectivity index (χ4v) is 2.97. The van der Waals surface area contributed by atoms with Gasteiger partial charge in [-0.2, -0.15) is 0 Å². The second kappa shape index (κ2) is 6.67. The van der Waals surface area contributed by atoms with Gasteiger partial charge in [-0.05, 0) is 17.7 Å². The molecule has 8 heteroatoms. The molecular formula is C16H14Cl2N4O2. The molecule has 2 heterocycles. The first-order chi connectivity index (χ1) is 11.5. The summed E-state index contributed by atoms with van der Waals surface area (Å²) in [6.45, 7) is 0. The lowest BCUT2D eigenvalue weighted by molar-refractivity contribution is -0.118. The van der Waals surface area contributed by atoms with Gasteiger partial charge >= 0.3 is 0 Å². The van der Waals surface area contributed by atoms with Crippen molar-refractivity contribution in [2.75, 3.05) is 12.4 Å². The molecule has 0 spiro atoms. The molecule has 0 bridgehead atoms. The fraction of sp³-hybridized carbons (Fsp3) is 0.188. The van der Waals surface area contributed by atoms with Crippen molar-refractivity contribution in [2.45, 2.75) is 12.6 Å². The third-order valence-electron chi connectivity index (χ3n) is 3.68. The Kier molecular flexibility index (Phi) is 4.59. The minimum atomic E-state index is -0.862. The van der Waals surface area contributed by atoms with E-state index in [1.165, 1.54) is 12.4 Å². The number of anilines is 1. The van der Waals surface area contributed by atoms with Crippen LogP contribution in [0.3, 0.4) is 0 Å². The number of halogens is 2. The lowest BCUT2D eigenvalue weighted by Crippen LogP contribution is -2.38. The van der Waals surface area contributed by atoms with Gasteiger partial charge in [0.2, 0.25) is 0 Å². The van der Waals surface area contributed by atoms with Gasteiger partial charge in [0.15, 0.2) is 6.17 Å². The van der Waals surface area contributed by atoms with Gasteiger partial charge in [0, 0.05) is 36.1 Å². The van der Waals surface area contributed by atoms with Crippen molar-refractivity contribution >= 4 is 40.5 Å². The third kappa shape index (κ3) is 3.16. The van der Waals surface area contributed by atoms with Gasteiger partial charge in [-0.1, -0.05) is 23.2 Å². The number of primary amides is 1. The summed E-state index contributed by atoms with van der Waals surface area (Å²) in [6, 6.07) is 5.46. The highest BCUT2D eigenvalue weighted by Gasteiger charge is 2.25. The minimum absolute atomic E-state index is 0.352. The number of hydrogen-bond acceptors (Lipinski definition) is 5. The lowest BCUT2D eigenvalue weighted by atomic mass is 9.98. The van der Waals surface area contributed by atoms with Crippen LogP contribution in [0, 0.1) is 0 Å². The van der Waals surface area contributed by atoms with Gasteiger partial charge in [-0.25, -0.2) is 0 Å². The second-order valence-corrected chi connectivity index (χ2v) is 6.01. The quantitative estimate of drug-likeness (QED) is 0.872. The molecule has 124 valence electrons. The Morgan fingerprint density at radius 3 is 2.67 bits per heavy atom. The van der Waals surface area contributed by atoms with Gasteiger partial charge in [0.25, 0.3) is 5.91 Å². The number of carbonyl (C=O) groups excluding carboxylic acids is 1. The number of amides is 1. The SMILES string of the molecule is COc1ccc2c(c1)NC(C(N)=O)N=C2Cc1c(Cl)cncc1Cl. The summed E-state index contributed by atoms with van der Waals surface area (Å²) >= 11 is 12.4. The highest BCUT2D eigenvalue weighted by atomic mass is 35.5. The molecule has 1 unspecified atom stereocenters. The summed E-state index contributed by atoms with van der Waals surface area (Å²) in [4.78, 5) is 20.0. The molecule has 6 nitrogen and oxygen atoms in total. The smallest absolute Gasteiger partial charge is 0.262 e. The monoisotopic (exact) mass is 364 g/mol. The number of nitrogens with two attached hydrogens (primary N) is 1. The van der Waals surface area contributed by atoms with Gasteiger partial charge in [0.05, 0.1) is 22.9 Å². The number of pyridine rings is 1. The molecule has 0 radical (unpaired) electrons. The highest BCUT2D eigenvalue weighted by Crippen LogP contribution is 2.31. The Labute approximate surface area is 148 Å². The van der Waals surface area contributed by atoms with E-state index in [0.717, 1.165) is 5.56 Å². The van der Waals surface area contributed by atoms with Crippen LogP contribution in [0.25, 0.3) is 0 Å². The molecule has 1 amide bonds. The van der Waals surface area contributed by atoms with Gasteiger partial charge in [-0.3, -0.25) is 14.8 Å². The average Bonchev–Trinajstić information content (AvgIpc) is 2.57. The zero-order valence-electron chi connectivity index (χ0n) is 12.7. The number of nitrogens with one attached hydrogen (secondary N) is 1. The van der Waals surface area contributed by atoms with Crippen molar-refractivity contribution in [3.05, 3.63) is 51.8 Å². The molecule has 0 fully saturated rings. The fourth-order valence-electron chi connectivity index (χ4n) is 2.48. The number of carbonyl (C=O) groups is 1. The topological polar surface area (TPSA) is 89.6 Å². The van der Waals surface area contributed by atoms with Crippen LogP contribution in [0.15, 0.2) is 35.6 Å². The summed E-state index contributed by atoms with van der Waals surface area (Å²) in [7, 11) is 1.57. The zero-order valence-corrected chi connectivity index (χ0v) is 14.2. The molecule has 0 aliphatic carbocycles. The predicted octanol–water partition coefficient (Wildman–Crippen LogP) is 2.67. The van der Waals surface area contributed by atoms with E-state index >= 15 is 0 Å². The average molecular weight is 365 g/mol. The van der Waals surface area contributed by atoms with E-state index in [4.69, 9.17) is 33.7 Å². The Morgan fingerprint density at radius 2 is 2.04 bits per heavy atom. The highest BCUT2D eigenvalue weighted by molar-refractivity contribution is 6.36. The summed E-state index contributed by atoms with van der Waals surface area (Å²) in [5.74, 6) is 0.0820. The number of benzene rings is 1. The lowest BCUT2D eigenvalue weighted by Gasteiger charge is -2.24. The minimum Gasteiger partial charge on any atom is -0.497 e. The number of nitrogens with zero attached hydrogens (tertiary/aromatic N) is 2. The Balaban J connectivity index is 2.06. The van der Waals surface area contributed by atoms with Crippen molar-refractivity contribution in [3.63, 3.8) is 0 Å². The standard InChI is InChI=1S/C16H14Cl2N4O2/c1-24-8-2-3-9-13(4-8)21-16(15(19)23)22-14(9)5-10-11(17)6-20-7-12(10)18/h2-4,6-7,16,21H,5H2,1H3,(H2,19,23). The van der Waals surface area contributed by atoms with E-state index in [1.54, 1.807) is 13.2 Å². The molecule has 1 aliphatic heterocycles. The summed E-state index contributed by atoms with van der Waals surface area (Å²) in [5.41, 5.74) is 8.30. The molecule has 1 aliphatic rings. The molecule has 1 atom stereocenters. The van der Waals surface area contributed by atoms with Crippen molar-refractivity contribution in [1.82, 2.24) is 4.98 Å². The maximum atomic E-state index is 11.6. The zero-order chi connectivity index (χ0) is 17.3. The Hall–Kier alpha value is -2.31. The second-order valence-electron chi connectivity index (χ2n) is 5.20. The summed E-state index contributed by atoms with van der Waals surface area (Å²) in [6.07, 6.45) is 2.53. The number of fused-ring (bicyclic) bond motifs is 1. The molecule has 2 aromatic rings. The largest absolute Gasteiger partial charge is 0.497 e. The number of aliphatic imine (C=N–C) groups is 1. The number of methoxy groups -OCH3 is 1. The number of aromatic nitrogens is 1. The van der Waals surface area contributed by atoms with E-state index in [9.17, 15) is 4.79 Å². The Bertz CT molecular complexity index is 819. The van der Waals surface area contributed by atoms with Crippen molar-refractivity contribution in [1.29, 1.82) is 0 Å². The molecule has 3 N–H and O–H groups in total. The van der Waals surface area contributed by atoms with Crippen molar-refractivity contribution in [2.24, 2.45) is 10.7 Å². The van der Waals surface area contributed by atoms with Crippen LogP contribution in [0.5, 0.6) is 5.75 Å². The van der Waals surface area contributed by atoms with Crippen LogP contribution in [-0.2, 0) is 11.2 Å². The predicted molar refractivity (Wildman–Crippen MR) is 94.1 cm³/mol. The van der Waals surface area contributed by atoms with Gasteiger partial charge < -0.3 is 15.8 Å². The van der Waals surface area contributed by atoms with Crippen LogP contribution in [0.4, 0.5) is 5.69 Å². The molecule has 3 rings (SSSR count). The van der Waals surface area contributed by atoms with Crippen molar-refractivity contribution in [3.8, 4) is 5.75 Å². The van der Waals surface area contributed by atoms with Crippen LogP contribution in [-0.4, -0.2) is 29.9 Å². The summed E-state index contributed by atoms with van der Waals surface area (Å²) in [5, 5.41) is 3.87. The van der Waals surface area contributed by atoms with E-state index in [2.05, 4.69) is 15.3 Å². The molecule has 1 aromatic heterocycles. The first kappa shape index (κ1) is 16.5. The van der Waals surface area contributed by atoms with Gasteiger partial charge in [-0.15, -0.1) is 0 Å². The molecule has 0 saturated carbocycles. The van der Waals surface area contributed by atoms with Crippen LogP contribution >= 0.6 is 23.2 Å². The third-order valence-corrected chi connectivity index (χ3v) is 4.33. The summed E-state index contributed by atoms with van der Waals surface area (Å²) < 4.78 is 5.22. The van der Waals surface area contributed by atoms with Crippen molar-refractivity contribution < 1.29 is 9.53 Å². The number of hydrogen-bond donors (Lipinski definition) is 2. The van der Waals surface area contributed by atoms with E-state index in [0.29, 0.717) is 39.2 Å². The molecule has 1 aromatic carbocycles.